The van der Waals surface area contributed by atoms with Crippen molar-refractivity contribution in [1.29, 1.82) is 0 Å². The summed E-state index contributed by atoms with van der Waals surface area (Å²) < 4.78 is 1.00. The van der Waals surface area contributed by atoms with E-state index in [0.717, 1.165) is 4.52 Å². The van der Waals surface area contributed by atoms with Gasteiger partial charge in [0.25, 0.3) is 11.3 Å². The lowest BCUT2D eigenvalue weighted by molar-refractivity contribution is 0.0693. The van der Waals surface area contributed by atoms with Gasteiger partial charge in [0.2, 0.25) is 0 Å². The zero-order chi connectivity index (χ0) is 11.9. The Labute approximate surface area is 94.5 Å². The number of carbonyl (C=O) groups is 1. The number of aryl methyl sites for hydroxylation is 1. The van der Waals surface area contributed by atoms with E-state index >= 15 is 0 Å². The number of carboxylic acids is 1. The number of aromatic nitrogens is 4. The summed E-state index contributed by atoms with van der Waals surface area (Å²) in [5, 5.41) is 11.5. The smallest absolute Gasteiger partial charge is 0.343 e. The van der Waals surface area contributed by atoms with Crippen molar-refractivity contribution in [2.24, 2.45) is 0 Å². The maximum atomic E-state index is 11.8. The van der Waals surface area contributed by atoms with Crippen molar-refractivity contribution >= 4 is 24.4 Å². The van der Waals surface area contributed by atoms with E-state index < -0.39 is 11.5 Å². The average Bonchev–Trinajstić information content (AvgIpc) is 2.60. The number of carboxylic acid groups (broad SMARTS) is 1. The van der Waals surface area contributed by atoms with Gasteiger partial charge in [-0.25, -0.2) is 9.78 Å². The quantitative estimate of drug-likeness (QED) is 0.634. The molecule has 16 heavy (non-hydrogen) atoms. The normalized spacial score (nSPS) is 10.9. The van der Waals surface area contributed by atoms with Crippen LogP contribution in [0.5, 0.6) is 0 Å². The highest BCUT2D eigenvalue weighted by Crippen LogP contribution is 2.03. The van der Waals surface area contributed by atoms with Crippen molar-refractivity contribution in [2.45, 2.75) is 12.7 Å². The molecule has 2 rings (SSSR count). The zero-order valence-corrected chi connectivity index (χ0v) is 9.15. The van der Waals surface area contributed by atoms with Crippen LogP contribution in [0.1, 0.15) is 21.9 Å². The third kappa shape index (κ3) is 1.47. The molecule has 2 aromatic rings. The van der Waals surface area contributed by atoms with Crippen LogP contribution in [-0.4, -0.2) is 30.7 Å². The molecule has 0 aromatic carbocycles. The molecule has 0 saturated heterocycles. The summed E-state index contributed by atoms with van der Waals surface area (Å²) in [5.41, 5.74) is -0.878. The van der Waals surface area contributed by atoms with Crippen molar-refractivity contribution < 1.29 is 9.90 Å². The summed E-state index contributed by atoms with van der Waals surface area (Å²) in [6, 6.07) is 0. The molecule has 0 aliphatic rings. The largest absolute Gasteiger partial charge is 0.477 e. The van der Waals surface area contributed by atoms with Gasteiger partial charge in [0.1, 0.15) is 11.4 Å². The summed E-state index contributed by atoms with van der Waals surface area (Å²) in [7, 11) is 0. The minimum Gasteiger partial charge on any atom is -0.477 e. The van der Waals surface area contributed by atoms with E-state index in [-0.39, 0.29) is 17.0 Å². The monoisotopic (exact) mass is 240 g/mol. The number of thiol groups is 1. The standard InChI is InChI=1S/C8H8N4O3S/c1-3-5(7(14)15)6(13)12-8(9-3)10-4(2-16)11-12/h16H,2H2,1H3,(H,14,15)(H,9,10,11). The van der Waals surface area contributed by atoms with E-state index in [1.165, 1.54) is 6.92 Å². The van der Waals surface area contributed by atoms with Gasteiger partial charge < -0.3 is 5.11 Å². The summed E-state index contributed by atoms with van der Waals surface area (Å²) in [6.07, 6.45) is 0. The molecule has 0 unspecified atom stereocenters. The Morgan fingerprint density at radius 1 is 1.56 bits per heavy atom. The molecular weight excluding hydrogens is 232 g/mol. The van der Waals surface area contributed by atoms with Gasteiger partial charge in [-0.2, -0.15) is 22.1 Å². The maximum absolute atomic E-state index is 11.8. The summed E-state index contributed by atoms with van der Waals surface area (Å²) >= 11 is 3.99. The Bertz CT molecular complexity index is 630. The van der Waals surface area contributed by atoms with Crippen molar-refractivity contribution in [3.8, 4) is 0 Å². The molecule has 2 heterocycles. The van der Waals surface area contributed by atoms with Gasteiger partial charge in [0, 0.05) is 0 Å². The summed E-state index contributed by atoms with van der Waals surface area (Å²) in [6.45, 7) is 1.46. The van der Waals surface area contributed by atoms with Gasteiger partial charge in [-0.15, -0.1) is 0 Å². The maximum Gasteiger partial charge on any atom is 0.343 e. The van der Waals surface area contributed by atoms with E-state index in [0.29, 0.717) is 11.6 Å². The number of hydrogen-bond acceptors (Lipinski definition) is 5. The van der Waals surface area contributed by atoms with Crippen LogP contribution in [0.15, 0.2) is 4.79 Å². The number of H-pyrrole nitrogens is 1. The van der Waals surface area contributed by atoms with Crippen LogP contribution in [0.3, 0.4) is 0 Å². The fourth-order valence-electron chi connectivity index (χ4n) is 1.38. The Balaban J connectivity index is 2.87. The first-order valence-electron chi connectivity index (χ1n) is 4.37. The molecule has 0 aliphatic carbocycles. The first-order chi connectivity index (χ1) is 7.54. The van der Waals surface area contributed by atoms with Crippen molar-refractivity contribution in [3.63, 3.8) is 0 Å². The highest BCUT2D eigenvalue weighted by atomic mass is 32.1. The topological polar surface area (TPSA) is 100 Å². The van der Waals surface area contributed by atoms with Crippen LogP contribution in [0.2, 0.25) is 0 Å². The van der Waals surface area contributed by atoms with E-state index in [1.807, 2.05) is 0 Å². The molecule has 84 valence electrons. The van der Waals surface area contributed by atoms with Gasteiger partial charge in [0.15, 0.2) is 0 Å². The van der Waals surface area contributed by atoms with Crippen LogP contribution in [-0.2, 0) is 5.75 Å². The molecule has 0 fully saturated rings. The Kier molecular flexibility index (Phi) is 2.43. The summed E-state index contributed by atoms with van der Waals surface area (Å²) in [5.74, 6) is -0.387. The number of aromatic carboxylic acids is 1. The van der Waals surface area contributed by atoms with Crippen LogP contribution in [0.25, 0.3) is 5.78 Å². The molecule has 8 heteroatoms. The Morgan fingerprint density at radius 2 is 2.25 bits per heavy atom. The molecule has 0 amide bonds. The minimum atomic E-state index is -1.30. The molecule has 0 atom stereocenters. The van der Waals surface area contributed by atoms with Gasteiger partial charge >= 0.3 is 5.97 Å². The molecular formula is C8H8N4O3S. The molecule has 0 aliphatic heterocycles. The van der Waals surface area contributed by atoms with Crippen LogP contribution >= 0.6 is 12.6 Å². The molecule has 7 nitrogen and oxygen atoms in total. The van der Waals surface area contributed by atoms with Gasteiger partial charge in [-0.1, -0.05) is 0 Å². The third-order valence-electron chi connectivity index (χ3n) is 2.09. The molecule has 0 saturated carbocycles. The minimum absolute atomic E-state index is 0.148. The second kappa shape index (κ2) is 3.63. The van der Waals surface area contributed by atoms with E-state index in [1.54, 1.807) is 0 Å². The van der Waals surface area contributed by atoms with Gasteiger partial charge in [-0.3, -0.25) is 9.89 Å². The fourth-order valence-corrected chi connectivity index (χ4v) is 1.52. The van der Waals surface area contributed by atoms with Crippen molar-refractivity contribution in [2.75, 3.05) is 0 Å². The number of nitrogens with zero attached hydrogens (tertiary/aromatic N) is 3. The molecule has 0 spiro atoms. The molecule has 0 bridgehead atoms. The lowest BCUT2D eigenvalue weighted by Crippen LogP contribution is -2.25. The van der Waals surface area contributed by atoms with E-state index in [9.17, 15) is 9.59 Å². The van der Waals surface area contributed by atoms with Crippen molar-refractivity contribution in [3.05, 3.63) is 27.4 Å². The number of hydrogen-bond donors (Lipinski definition) is 3. The summed E-state index contributed by atoms with van der Waals surface area (Å²) in [4.78, 5) is 30.5. The molecule has 2 N–H and O–H groups in total. The lowest BCUT2D eigenvalue weighted by Gasteiger charge is -1.98. The highest BCUT2D eigenvalue weighted by Gasteiger charge is 2.18. The fraction of sp³-hybridized carbons (Fsp3) is 0.250. The second-order valence-corrected chi connectivity index (χ2v) is 3.46. The third-order valence-corrected chi connectivity index (χ3v) is 2.39. The second-order valence-electron chi connectivity index (χ2n) is 3.15. The first-order valence-corrected chi connectivity index (χ1v) is 5.00. The van der Waals surface area contributed by atoms with Gasteiger partial charge in [-0.05, 0) is 6.92 Å². The van der Waals surface area contributed by atoms with Crippen LogP contribution in [0.4, 0.5) is 0 Å². The zero-order valence-electron chi connectivity index (χ0n) is 8.26. The number of rotatable bonds is 2. The molecule has 0 radical (unpaired) electrons. The van der Waals surface area contributed by atoms with E-state index in [2.05, 4.69) is 27.7 Å². The molecule has 2 aromatic heterocycles. The number of fused-ring (bicyclic) bond motifs is 1. The van der Waals surface area contributed by atoms with Gasteiger partial charge in [0.05, 0.1) is 11.4 Å². The Hall–Kier alpha value is -1.83. The lowest BCUT2D eigenvalue weighted by atomic mass is 10.2. The predicted molar refractivity (Wildman–Crippen MR) is 58.0 cm³/mol. The van der Waals surface area contributed by atoms with Crippen LogP contribution in [0, 0.1) is 6.92 Å². The Morgan fingerprint density at radius 3 is 2.81 bits per heavy atom. The van der Waals surface area contributed by atoms with Crippen LogP contribution < -0.4 is 5.56 Å². The predicted octanol–water partition coefficient (Wildman–Crippen LogP) is -0.146. The number of nitrogens with one attached hydrogen (secondary N) is 1. The average molecular weight is 240 g/mol. The number of aromatic amines is 1. The first kappa shape index (κ1) is 10.7. The highest BCUT2D eigenvalue weighted by molar-refractivity contribution is 7.79. The van der Waals surface area contributed by atoms with Crippen molar-refractivity contribution in [1.82, 2.24) is 19.6 Å². The SMILES string of the molecule is Cc1nc2nc(CS)[nH]n2c(=O)c1C(=O)O. The van der Waals surface area contributed by atoms with E-state index in [4.69, 9.17) is 5.11 Å².